The Labute approximate surface area is 147 Å². The molecule has 1 amide bonds. The van der Waals surface area contributed by atoms with Crippen molar-refractivity contribution >= 4 is 43.9 Å². The molecule has 0 radical (unpaired) electrons. The van der Waals surface area contributed by atoms with Crippen molar-refractivity contribution in [2.75, 3.05) is 16.6 Å². The van der Waals surface area contributed by atoms with Crippen LogP contribution in [-0.4, -0.2) is 31.8 Å². The second-order valence-electron chi connectivity index (χ2n) is 4.75. The summed E-state index contributed by atoms with van der Waals surface area (Å²) in [5.74, 6) is -1.67. The Bertz CT molecular complexity index is 870. The number of sulfonamides is 1. The number of nitrogens with zero attached hydrogens (tertiary/aromatic N) is 1. The molecular weight excluding hydrogens is 371 g/mol. The maximum Gasteiger partial charge on any atom is 0.262 e. The molecule has 0 unspecified atom stereocenters. The summed E-state index contributed by atoms with van der Waals surface area (Å²) in [6, 6.07) is 3.15. The van der Waals surface area contributed by atoms with E-state index in [1.807, 2.05) is 0 Å². The molecule has 0 fully saturated rings. The highest BCUT2D eigenvalue weighted by molar-refractivity contribution is 7.93. The van der Waals surface area contributed by atoms with Crippen LogP contribution in [-0.2, 0) is 14.8 Å². The van der Waals surface area contributed by atoms with Crippen LogP contribution in [0.4, 0.5) is 15.1 Å². The van der Waals surface area contributed by atoms with Crippen LogP contribution in [0.15, 0.2) is 34.8 Å². The number of carbonyl (C=O) groups is 1. The fourth-order valence-corrected chi connectivity index (χ4v) is 3.57. The van der Waals surface area contributed by atoms with E-state index in [1.165, 1.54) is 17.8 Å². The molecule has 2 aromatic rings. The first kappa shape index (κ1) is 18.6. The molecular formula is C13H15FN6O3S2. The molecule has 0 aliphatic carbocycles. The number of amides is 1. The average molecular weight is 386 g/mol. The smallest absolute Gasteiger partial charge is 0.262 e. The van der Waals surface area contributed by atoms with Crippen LogP contribution in [0.2, 0.25) is 0 Å². The highest BCUT2D eigenvalue weighted by Gasteiger charge is 2.18. The molecule has 0 aliphatic rings. The number of thiazole rings is 1. The van der Waals surface area contributed by atoms with Crippen LogP contribution < -0.4 is 21.1 Å². The maximum absolute atomic E-state index is 14.1. The normalized spacial score (nSPS) is 10.9. The van der Waals surface area contributed by atoms with Gasteiger partial charge in [-0.2, -0.15) is 0 Å². The second kappa shape index (κ2) is 7.90. The molecule has 2 rings (SSSR count). The summed E-state index contributed by atoms with van der Waals surface area (Å²) in [4.78, 5) is 15.1. The molecule has 0 saturated carbocycles. The Morgan fingerprint density at radius 3 is 2.76 bits per heavy atom. The van der Waals surface area contributed by atoms with E-state index < -0.39 is 21.7 Å². The lowest BCUT2D eigenvalue weighted by molar-refractivity contribution is -0.116. The summed E-state index contributed by atoms with van der Waals surface area (Å²) in [7, 11) is -3.95. The molecule has 0 bridgehead atoms. The molecule has 0 atom stereocenters. The summed E-state index contributed by atoms with van der Waals surface area (Å²) in [5, 5.41) is 12.0. The number of carbonyl (C=O) groups excluding carboxylic acids is 1. The highest BCUT2D eigenvalue weighted by Crippen LogP contribution is 2.22. The number of guanidine groups is 1. The van der Waals surface area contributed by atoms with Crippen molar-refractivity contribution in [3.05, 3.63) is 35.7 Å². The van der Waals surface area contributed by atoms with Crippen molar-refractivity contribution in [1.29, 1.82) is 5.41 Å². The van der Waals surface area contributed by atoms with E-state index in [-0.39, 0.29) is 29.5 Å². The first-order valence-electron chi connectivity index (χ1n) is 6.86. The molecule has 0 aliphatic heterocycles. The van der Waals surface area contributed by atoms with Crippen molar-refractivity contribution in [2.24, 2.45) is 5.73 Å². The highest BCUT2D eigenvalue weighted by atomic mass is 32.2. The predicted molar refractivity (Wildman–Crippen MR) is 92.5 cm³/mol. The van der Waals surface area contributed by atoms with E-state index in [0.29, 0.717) is 5.00 Å². The number of nitrogens with one attached hydrogen (secondary N) is 4. The number of benzene rings is 1. The molecule has 6 N–H and O–H groups in total. The van der Waals surface area contributed by atoms with Gasteiger partial charge in [-0.15, -0.1) is 11.3 Å². The zero-order chi connectivity index (χ0) is 18.4. The summed E-state index contributed by atoms with van der Waals surface area (Å²) in [6.07, 6.45) is 1.30. The van der Waals surface area contributed by atoms with Crippen LogP contribution in [0.25, 0.3) is 0 Å². The van der Waals surface area contributed by atoms with Gasteiger partial charge in [-0.3, -0.25) is 19.9 Å². The summed E-state index contributed by atoms with van der Waals surface area (Å²) >= 11 is 1.09. The topological polar surface area (TPSA) is 150 Å². The number of aromatic nitrogens is 1. The maximum atomic E-state index is 14.1. The fourth-order valence-electron chi connectivity index (χ4n) is 1.75. The molecule has 1 aromatic heterocycles. The fraction of sp³-hybridized carbons (Fsp3) is 0.154. The van der Waals surface area contributed by atoms with Crippen LogP contribution >= 0.6 is 11.3 Å². The van der Waals surface area contributed by atoms with E-state index in [4.69, 9.17) is 11.1 Å². The monoisotopic (exact) mass is 386 g/mol. The Kier molecular flexibility index (Phi) is 5.88. The quantitative estimate of drug-likeness (QED) is 0.352. The summed E-state index contributed by atoms with van der Waals surface area (Å²) < 4.78 is 40.7. The van der Waals surface area contributed by atoms with Gasteiger partial charge in [-0.05, 0) is 18.2 Å². The minimum absolute atomic E-state index is 0.0357. The molecule has 9 nitrogen and oxygen atoms in total. The number of nitrogens with two attached hydrogens (primary N) is 1. The third-order valence-electron chi connectivity index (χ3n) is 2.86. The van der Waals surface area contributed by atoms with Crippen molar-refractivity contribution in [2.45, 2.75) is 11.3 Å². The molecule has 0 saturated heterocycles. The Morgan fingerprint density at radius 1 is 1.40 bits per heavy atom. The van der Waals surface area contributed by atoms with Gasteiger partial charge in [0.25, 0.3) is 10.0 Å². The Morgan fingerprint density at radius 2 is 2.16 bits per heavy atom. The van der Waals surface area contributed by atoms with Gasteiger partial charge in [-0.1, -0.05) is 0 Å². The second-order valence-corrected chi connectivity index (χ2v) is 7.32. The number of rotatable bonds is 7. The van der Waals surface area contributed by atoms with Crippen molar-refractivity contribution in [1.82, 2.24) is 10.3 Å². The lowest BCUT2D eigenvalue weighted by Gasteiger charge is -2.10. The van der Waals surface area contributed by atoms with E-state index in [2.05, 4.69) is 20.3 Å². The van der Waals surface area contributed by atoms with Crippen molar-refractivity contribution < 1.29 is 17.6 Å². The van der Waals surface area contributed by atoms with E-state index in [1.54, 1.807) is 0 Å². The van der Waals surface area contributed by atoms with Crippen molar-refractivity contribution in [3.63, 3.8) is 0 Å². The minimum Gasteiger partial charge on any atom is -0.370 e. The van der Waals surface area contributed by atoms with Gasteiger partial charge < -0.3 is 16.4 Å². The van der Waals surface area contributed by atoms with Gasteiger partial charge in [-0.25, -0.2) is 12.8 Å². The number of hydrogen-bond donors (Lipinski definition) is 5. The first-order valence-corrected chi connectivity index (χ1v) is 9.23. The van der Waals surface area contributed by atoms with Crippen LogP contribution in [0.5, 0.6) is 0 Å². The predicted octanol–water partition coefficient (Wildman–Crippen LogP) is 0.895. The van der Waals surface area contributed by atoms with Gasteiger partial charge in [0.15, 0.2) is 5.96 Å². The first-order chi connectivity index (χ1) is 11.8. The standard InChI is InChI=1S/C13H15FN6O3S2/c14-9-5-8(25(22,23)20-12-6-17-7-24-12)1-2-10(9)19-11(21)3-4-18-13(15)16/h1-2,5-7,20H,3-4H2,(H,19,21)(H4,15,16,18). The number of hydrogen-bond acceptors (Lipinski definition) is 6. The molecule has 1 heterocycles. The Balaban J connectivity index is 2.04. The molecule has 12 heteroatoms. The van der Waals surface area contributed by atoms with Crippen LogP contribution in [0, 0.1) is 11.2 Å². The third-order valence-corrected chi connectivity index (χ3v) is 5.04. The van der Waals surface area contributed by atoms with Gasteiger partial charge in [0.1, 0.15) is 10.8 Å². The van der Waals surface area contributed by atoms with Gasteiger partial charge in [0, 0.05) is 13.0 Å². The average Bonchev–Trinajstić information content (AvgIpc) is 3.01. The molecule has 0 spiro atoms. The zero-order valence-corrected chi connectivity index (χ0v) is 14.4. The molecule has 25 heavy (non-hydrogen) atoms. The molecule has 1 aromatic carbocycles. The summed E-state index contributed by atoms with van der Waals surface area (Å²) in [6.45, 7) is 0.119. The lowest BCUT2D eigenvalue weighted by Crippen LogP contribution is -2.32. The molecule has 134 valence electrons. The lowest BCUT2D eigenvalue weighted by atomic mass is 10.3. The number of anilines is 2. The van der Waals surface area contributed by atoms with Crippen molar-refractivity contribution in [3.8, 4) is 0 Å². The van der Waals surface area contributed by atoms with Gasteiger partial charge in [0.2, 0.25) is 5.91 Å². The van der Waals surface area contributed by atoms with E-state index in [0.717, 1.165) is 23.5 Å². The third kappa shape index (κ3) is 5.39. The largest absolute Gasteiger partial charge is 0.370 e. The number of halogens is 1. The zero-order valence-electron chi connectivity index (χ0n) is 12.7. The minimum atomic E-state index is -3.95. The summed E-state index contributed by atoms with van der Waals surface area (Å²) in [5.41, 5.74) is 6.38. The van der Waals surface area contributed by atoms with Crippen LogP contribution in [0.1, 0.15) is 6.42 Å². The van der Waals surface area contributed by atoms with Gasteiger partial charge in [0.05, 0.1) is 22.3 Å². The Hall–Kier alpha value is -2.73. The van der Waals surface area contributed by atoms with Crippen LogP contribution in [0.3, 0.4) is 0 Å². The SMILES string of the molecule is N=C(N)NCCC(=O)Nc1ccc(S(=O)(=O)Nc2cncs2)cc1F. The van der Waals surface area contributed by atoms with Gasteiger partial charge >= 0.3 is 0 Å². The van der Waals surface area contributed by atoms with E-state index in [9.17, 15) is 17.6 Å². The van der Waals surface area contributed by atoms with E-state index >= 15 is 0 Å².